The van der Waals surface area contributed by atoms with Gasteiger partial charge < -0.3 is 14.4 Å². The van der Waals surface area contributed by atoms with Gasteiger partial charge in [0.2, 0.25) is 0 Å². The Labute approximate surface area is 129 Å². The van der Waals surface area contributed by atoms with Crippen molar-refractivity contribution in [3.05, 3.63) is 65.5 Å². The van der Waals surface area contributed by atoms with Crippen LogP contribution in [0.3, 0.4) is 0 Å². The second-order valence-electron chi connectivity index (χ2n) is 4.65. The molecule has 1 aromatic carbocycles. The summed E-state index contributed by atoms with van der Waals surface area (Å²) in [4.78, 5) is 25.8. The van der Waals surface area contributed by atoms with Gasteiger partial charge in [0, 0.05) is 11.9 Å². The number of methoxy groups -OCH3 is 2. The molecule has 22 heavy (non-hydrogen) atoms. The van der Waals surface area contributed by atoms with Crippen LogP contribution in [0.2, 0.25) is 0 Å². The molecule has 0 atom stereocenters. The maximum atomic E-state index is 12.2. The first-order valence-electron chi connectivity index (χ1n) is 6.70. The average molecular weight is 299 g/mol. The van der Waals surface area contributed by atoms with Crippen LogP contribution in [0.25, 0.3) is 0 Å². The number of nitrogens with zero attached hydrogens (tertiary/aromatic N) is 1. The average Bonchev–Trinajstić information content (AvgIpc) is 2.77. The predicted molar refractivity (Wildman–Crippen MR) is 83.0 cm³/mol. The molecule has 0 saturated heterocycles. The molecule has 0 saturated carbocycles. The maximum absolute atomic E-state index is 12.2. The van der Waals surface area contributed by atoms with Crippen molar-refractivity contribution in [3.8, 4) is 0 Å². The summed E-state index contributed by atoms with van der Waals surface area (Å²) in [5.41, 5.74) is 2.09. The van der Waals surface area contributed by atoms with E-state index < -0.39 is 11.9 Å². The summed E-state index contributed by atoms with van der Waals surface area (Å²) in [6.45, 7) is 1.97. The summed E-state index contributed by atoms with van der Waals surface area (Å²) in [7, 11) is 2.54. The molecule has 0 fully saturated rings. The van der Waals surface area contributed by atoms with Crippen molar-refractivity contribution < 1.29 is 19.1 Å². The fraction of sp³-hybridized carbons (Fsp3) is 0.176. The highest BCUT2D eigenvalue weighted by Gasteiger charge is 2.27. The van der Waals surface area contributed by atoms with E-state index in [1.807, 2.05) is 31.2 Å². The van der Waals surface area contributed by atoms with E-state index in [9.17, 15) is 9.59 Å². The molecule has 0 N–H and O–H groups in total. The molecule has 1 heterocycles. The molecule has 5 heteroatoms. The van der Waals surface area contributed by atoms with Gasteiger partial charge in [-0.1, -0.05) is 23.8 Å². The summed E-state index contributed by atoms with van der Waals surface area (Å²) in [6, 6.07) is 7.58. The largest absolute Gasteiger partial charge is 0.465 e. The molecule has 5 nitrogen and oxygen atoms in total. The van der Waals surface area contributed by atoms with Gasteiger partial charge in [-0.25, -0.2) is 9.59 Å². The number of carbonyl (C=O) groups excluding carboxylic acids is 2. The summed E-state index contributed by atoms with van der Waals surface area (Å²) < 4.78 is 9.59. The molecular formula is C17H17NO4. The molecule has 0 aliphatic carbocycles. The van der Waals surface area contributed by atoms with Gasteiger partial charge in [0.25, 0.3) is 0 Å². The van der Waals surface area contributed by atoms with E-state index in [4.69, 9.17) is 9.47 Å². The van der Waals surface area contributed by atoms with E-state index in [1.54, 1.807) is 23.3 Å². The molecule has 1 aliphatic heterocycles. The van der Waals surface area contributed by atoms with E-state index in [0.29, 0.717) is 0 Å². The van der Waals surface area contributed by atoms with Gasteiger partial charge in [-0.3, -0.25) is 0 Å². The summed E-state index contributed by atoms with van der Waals surface area (Å²) in [5, 5.41) is 0. The Kier molecular flexibility index (Phi) is 4.78. The fourth-order valence-corrected chi connectivity index (χ4v) is 2.07. The number of hydrogen-bond acceptors (Lipinski definition) is 5. The Morgan fingerprint density at radius 2 is 1.59 bits per heavy atom. The maximum Gasteiger partial charge on any atom is 0.355 e. The van der Waals surface area contributed by atoms with Crippen molar-refractivity contribution in [3.63, 3.8) is 0 Å². The Bertz CT molecular complexity index is 668. The normalized spacial score (nSPS) is 13.9. The molecule has 114 valence electrons. The highest BCUT2D eigenvalue weighted by molar-refractivity contribution is 6.05. The van der Waals surface area contributed by atoms with Crippen LogP contribution in [-0.4, -0.2) is 26.2 Å². The van der Waals surface area contributed by atoms with Crippen LogP contribution < -0.4 is 4.90 Å². The van der Waals surface area contributed by atoms with Crippen LogP contribution in [0.5, 0.6) is 0 Å². The standard InChI is InChI=1S/C17H17NO4/c1-12-7-9-13(10-8-12)18-11-5-4-6-14(16(19)21-2)15(18)17(20)22-3/h4-11H,1-3H3. The van der Waals surface area contributed by atoms with Crippen molar-refractivity contribution >= 4 is 17.6 Å². The lowest BCUT2D eigenvalue weighted by Crippen LogP contribution is -2.26. The Hall–Kier alpha value is -2.82. The lowest BCUT2D eigenvalue weighted by Gasteiger charge is -2.23. The van der Waals surface area contributed by atoms with Gasteiger partial charge in [0.15, 0.2) is 0 Å². The van der Waals surface area contributed by atoms with E-state index in [2.05, 4.69) is 0 Å². The van der Waals surface area contributed by atoms with E-state index >= 15 is 0 Å². The van der Waals surface area contributed by atoms with Crippen LogP contribution in [0.4, 0.5) is 5.69 Å². The molecule has 0 spiro atoms. The van der Waals surface area contributed by atoms with Gasteiger partial charge in [0.05, 0.1) is 19.8 Å². The zero-order valence-corrected chi connectivity index (χ0v) is 12.7. The molecule has 0 radical (unpaired) electrons. The number of rotatable bonds is 3. The van der Waals surface area contributed by atoms with E-state index in [0.717, 1.165) is 11.3 Å². The van der Waals surface area contributed by atoms with Crippen LogP contribution in [0.1, 0.15) is 5.56 Å². The highest BCUT2D eigenvalue weighted by atomic mass is 16.5. The number of hydrogen-bond donors (Lipinski definition) is 0. The monoisotopic (exact) mass is 299 g/mol. The molecule has 1 aliphatic rings. The lowest BCUT2D eigenvalue weighted by molar-refractivity contribution is -0.139. The Morgan fingerprint density at radius 3 is 2.18 bits per heavy atom. The molecule has 1 aromatic rings. The number of aryl methyl sites for hydroxylation is 1. The third kappa shape index (κ3) is 3.09. The van der Waals surface area contributed by atoms with Crippen LogP contribution in [0.15, 0.2) is 60.0 Å². The molecule has 0 unspecified atom stereocenters. The lowest BCUT2D eigenvalue weighted by atomic mass is 10.1. The molecule has 0 amide bonds. The van der Waals surface area contributed by atoms with Crippen molar-refractivity contribution in [2.45, 2.75) is 6.92 Å². The topological polar surface area (TPSA) is 55.8 Å². The Balaban J connectivity index is 2.61. The molecule has 0 aromatic heterocycles. The van der Waals surface area contributed by atoms with E-state index in [1.165, 1.54) is 20.3 Å². The van der Waals surface area contributed by atoms with Crippen molar-refractivity contribution in [1.29, 1.82) is 0 Å². The summed E-state index contributed by atoms with van der Waals surface area (Å²) >= 11 is 0. The minimum Gasteiger partial charge on any atom is -0.465 e. The zero-order chi connectivity index (χ0) is 16.1. The smallest absolute Gasteiger partial charge is 0.355 e. The second-order valence-corrected chi connectivity index (χ2v) is 4.65. The quantitative estimate of drug-likeness (QED) is 0.803. The van der Waals surface area contributed by atoms with Crippen LogP contribution in [-0.2, 0) is 19.1 Å². The molecule has 0 bridgehead atoms. The number of benzene rings is 1. The minimum atomic E-state index is -0.614. The van der Waals surface area contributed by atoms with Gasteiger partial charge in [-0.2, -0.15) is 0 Å². The molecule has 2 rings (SSSR count). The first-order chi connectivity index (χ1) is 10.6. The van der Waals surface area contributed by atoms with Crippen molar-refractivity contribution in [2.24, 2.45) is 0 Å². The number of allylic oxidation sites excluding steroid dienone is 2. The van der Waals surface area contributed by atoms with Gasteiger partial charge in [-0.05, 0) is 31.2 Å². The van der Waals surface area contributed by atoms with Crippen LogP contribution >= 0.6 is 0 Å². The van der Waals surface area contributed by atoms with Crippen LogP contribution in [0, 0.1) is 6.92 Å². The first-order valence-corrected chi connectivity index (χ1v) is 6.70. The number of anilines is 1. The third-order valence-electron chi connectivity index (χ3n) is 3.20. The molecular weight excluding hydrogens is 282 g/mol. The zero-order valence-electron chi connectivity index (χ0n) is 12.7. The minimum absolute atomic E-state index is 0.114. The van der Waals surface area contributed by atoms with Gasteiger partial charge >= 0.3 is 11.9 Å². The van der Waals surface area contributed by atoms with Crippen molar-refractivity contribution in [2.75, 3.05) is 19.1 Å². The van der Waals surface area contributed by atoms with Gasteiger partial charge in [0.1, 0.15) is 5.70 Å². The number of esters is 2. The first kappa shape index (κ1) is 15.6. The number of ether oxygens (including phenoxy) is 2. The summed E-state index contributed by atoms with van der Waals surface area (Å²) in [6.07, 6.45) is 6.63. The highest BCUT2D eigenvalue weighted by Crippen LogP contribution is 2.26. The second kappa shape index (κ2) is 6.76. The SMILES string of the molecule is COC(=O)C1=C(C(=O)OC)N(c2ccc(C)cc2)C=CC=C1. The fourth-order valence-electron chi connectivity index (χ4n) is 2.07. The van der Waals surface area contributed by atoms with E-state index in [-0.39, 0.29) is 11.3 Å². The van der Waals surface area contributed by atoms with Crippen molar-refractivity contribution in [1.82, 2.24) is 0 Å². The Morgan fingerprint density at radius 1 is 0.955 bits per heavy atom. The summed E-state index contributed by atoms with van der Waals surface area (Å²) in [5.74, 6) is -1.21. The predicted octanol–water partition coefficient (Wildman–Crippen LogP) is 2.49. The number of carbonyl (C=O) groups is 2. The third-order valence-corrected chi connectivity index (χ3v) is 3.20. The van der Waals surface area contributed by atoms with Gasteiger partial charge in [-0.15, -0.1) is 0 Å².